The van der Waals surface area contributed by atoms with Crippen molar-refractivity contribution < 1.29 is 0 Å². The first kappa shape index (κ1) is 15.1. The number of hydrogen-bond donors (Lipinski definition) is 1. The molecule has 2 atom stereocenters. The second-order valence-corrected chi connectivity index (χ2v) is 5.43. The van der Waals surface area contributed by atoms with E-state index in [9.17, 15) is 0 Å². The molecule has 0 amide bonds. The van der Waals surface area contributed by atoms with Gasteiger partial charge in [0, 0.05) is 29.9 Å². The Balaban J connectivity index is 2.76. The number of aryl methyl sites for hydroxylation is 1. The number of aromatic nitrogens is 1. The first-order chi connectivity index (χ1) is 8.43. The van der Waals surface area contributed by atoms with E-state index in [1.807, 2.05) is 6.20 Å². The lowest BCUT2D eigenvalue weighted by atomic mass is 9.85. The van der Waals surface area contributed by atoms with Gasteiger partial charge in [0.25, 0.3) is 0 Å². The minimum Gasteiger partial charge on any atom is -0.326 e. The average Bonchev–Trinajstić information content (AvgIpc) is 2.38. The van der Waals surface area contributed by atoms with Gasteiger partial charge < -0.3 is 10.6 Å². The van der Waals surface area contributed by atoms with E-state index in [2.05, 4.69) is 56.9 Å². The molecular formula is C15H27N3. The molecule has 0 aliphatic carbocycles. The maximum absolute atomic E-state index is 6.38. The van der Waals surface area contributed by atoms with E-state index in [1.54, 1.807) is 0 Å². The highest BCUT2D eigenvalue weighted by Crippen LogP contribution is 2.21. The monoisotopic (exact) mass is 249 g/mol. The van der Waals surface area contributed by atoms with Crippen LogP contribution in [0.3, 0.4) is 0 Å². The summed E-state index contributed by atoms with van der Waals surface area (Å²) in [6.45, 7) is 6.55. The summed E-state index contributed by atoms with van der Waals surface area (Å²) >= 11 is 0. The average molecular weight is 249 g/mol. The fourth-order valence-electron chi connectivity index (χ4n) is 2.14. The zero-order chi connectivity index (χ0) is 13.8. The minimum absolute atomic E-state index is 0.0190. The topological polar surface area (TPSA) is 42.1 Å². The van der Waals surface area contributed by atoms with Gasteiger partial charge >= 0.3 is 0 Å². The van der Waals surface area contributed by atoms with E-state index in [-0.39, 0.29) is 11.6 Å². The van der Waals surface area contributed by atoms with Crippen molar-refractivity contribution in [2.75, 3.05) is 14.1 Å². The van der Waals surface area contributed by atoms with Gasteiger partial charge in [-0.05, 0) is 45.5 Å². The zero-order valence-corrected chi connectivity index (χ0v) is 12.4. The van der Waals surface area contributed by atoms with Crippen LogP contribution >= 0.6 is 0 Å². The van der Waals surface area contributed by atoms with Crippen LogP contribution in [0.15, 0.2) is 18.3 Å². The Hall–Kier alpha value is -0.930. The zero-order valence-electron chi connectivity index (χ0n) is 12.4. The molecule has 3 nitrogen and oxygen atoms in total. The van der Waals surface area contributed by atoms with Gasteiger partial charge in [-0.3, -0.25) is 4.98 Å². The molecule has 0 spiro atoms. The van der Waals surface area contributed by atoms with Crippen LogP contribution in [0.2, 0.25) is 0 Å². The minimum atomic E-state index is 0.0190. The van der Waals surface area contributed by atoms with Gasteiger partial charge in [0.05, 0.1) is 0 Å². The molecule has 0 fully saturated rings. The molecule has 0 radical (unpaired) electrons. The predicted molar refractivity (Wildman–Crippen MR) is 77.7 cm³/mol. The molecule has 102 valence electrons. The van der Waals surface area contributed by atoms with Gasteiger partial charge in [0.2, 0.25) is 0 Å². The van der Waals surface area contributed by atoms with Crippen molar-refractivity contribution in [3.05, 3.63) is 29.6 Å². The van der Waals surface area contributed by atoms with E-state index < -0.39 is 0 Å². The van der Waals surface area contributed by atoms with Gasteiger partial charge in [0.15, 0.2) is 0 Å². The molecule has 0 aliphatic rings. The van der Waals surface area contributed by atoms with Crippen LogP contribution in [0.5, 0.6) is 0 Å². The van der Waals surface area contributed by atoms with Crippen molar-refractivity contribution in [2.45, 2.75) is 51.6 Å². The Kier molecular flexibility index (Phi) is 5.29. The lowest BCUT2D eigenvalue weighted by molar-refractivity contribution is 0.131. The highest BCUT2D eigenvalue weighted by molar-refractivity contribution is 5.15. The summed E-state index contributed by atoms with van der Waals surface area (Å²) in [5.74, 6) is 0. The fraction of sp³-hybridized carbons (Fsp3) is 0.667. The number of nitrogens with two attached hydrogens (primary N) is 1. The van der Waals surface area contributed by atoms with Gasteiger partial charge in [-0.25, -0.2) is 0 Å². The van der Waals surface area contributed by atoms with Crippen LogP contribution in [0.4, 0.5) is 0 Å². The van der Waals surface area contributed by atoms with Crippen molar-refractivity contribution in [3.8, 4) is 0 Å². The van der Waals surface area contributed by atoms with E-state index in [1.165, 1.54) is 5.56 Å². The third-order valence-corrected chi connectivity index (χ3v) is 4.26. The number of nitrogens with zero attached hydrogens (tertiary/aromatic N) is 2. The molecule has 0 aromatic carbocycles. The van der Waals surface area contributed by atoms with Crippen molar-refractivity contribution in [2.24, 2.45) is 5.73 Å². The molecule has 0 bridgehead atoms. The molecule has 1 heterocycles. The summed E-state index contributed by atoms with van der Waals surface area (Å²) in [6, 6.07) is 4.34. The van der Waals surface area contributed by atoms with Crippen molar-refractivity contribution in [1.29, 1.82) is 0 Å². The second-order valence-electron chi connectivity index (χ2n) is 5.43. The third kappa shape index (κ3) is 3.30. The van der Waals surface area contributed by atoms with Gasteiger partial charge in [-0.15, -0.1) is 0 Å². The van der Waals surface area contributed by atoms with Crippen molar-refractivity contribution >= 4 is 0 Å². The summed E-state index contributed by atoms with van der Waals surface area (Å²) in [5.41, 5.74) is 8.76. The number of rotatable bonds is 6. The van der Waals surface area contributed by atoms with Crippen LogP contribution < -0.4 is 5.73 Å². The molecule has 0 saturated carbocycles. The van der Waals surface area contributed by atoms with Crippen LogP contribution in [-0.2, 0) is 12.8 Å². The maximum atomic E-state index is 6.38. The van der Waals surface area contributed by atoms with E-state index in [0.29, 0.717) is 0 Å². The molecule has 0 aliphatic heterocycles. The molecule has 2 unspecified atom stereocenters. The predicted octanol–water partition coefficient (Wildman–Crippen LogP) is 2.24. The van der Waals surface area contributed by atoms with Gasteiger partial charge in [0.1, 0.15) is 0 Å². The smallest absolute Gasteiger partial charge is 0.0419 e. The molecule has 1 rings (SSSR count). The maximum Gasteiger partial charge on any atom is 0.0419 e. The first-order valence-corrected chi connectivity index (χ1v) is 6.80. The highest BCUT2D eigenvalue weighted by Gasteiger charge is 2.32. The number of likely N-dealkylation sites (N-methyl/N-ethyl adjacent to an activating group) is 1. The number of hydrogen-bond acceptors (Lipinski definition) is 3. The van der Waals surface area contributed by atoms with E-state index >= 15 is 0 Å². The summed E-state index contributed by atoms with van der Waals surface area (Å²) in [7, 11) is 4.19. The number of pyridine rings is 1. The molecular weight excluding hydrogens is 222 g/mol. The van der Waals surface area contributed by atoms with Crippen LogP contribution in [0.1, 0.15) is 38.4 Å². The molecule has 1 aromatic heterocycles. The van der Waals surface area contributed by atoms with Crippen molar-refractivity contribution in [1.82, 2.24) is 9.88 Å². The Labute approximate surface area is 111 Å². The second kappa shape index (κ2) is 6.30. The Bertz CT molecular complexity index is 359. The molecule has 0 saturated heterocycles. The Morgan fingerprint density at radius 2 is 2.00 bits per heavy atom. The van der Waals surface area contributed by atoms with Gasteiger partial charge in [-0.2, -0.15) is 0 Å². The standard InChI is InChI=1S/C15H27N3/c1-6-12-8-9-13(17-11-12)10-14(16)15(3,7-2)18(4)5/h8-9,11,14H,6-7,10,16H2,1-5H3. The summed E-state index contributed by atoms with van der Waals surface area (Å²) < 4.78 is 0. The van der Waals surface area contributed by atoms with E-state index in [4.69, 9.17) is 5.73 Å². The van der Waals surface area contributed by atoms with Crippen LogP contribution in [0, 0.1) is 0 Å². The molecule has 1 aromatic rings. The fourth-order valence-corrected chi connectivity index (χ4v) is 2.14. The normalized spacial score (nSPS) is 16.6. The van der Waals surface area contributed by atoms with Gasteiger partial charge in [-0.1, -0.05) is 19.9 Å². The summed E-state index contributed by atoms with van der Waals surface area (Å²) in [4.78, 5) is 6.72. The molecule has 2 N–H and O–H groups in total. The lowest BCUT2D eigenvalue weighted by Gasteiger charge is -2.40. The third-order valence-electron chi connectivity index (χ3n) is 4.26. The highest BCUT2D eigenvalue weighted by atomic mass is 15.2. The quantitative estimate of drug-likeness (QED) is 0.841. The van der Waals surface area contributed by atoms with E-state index in [0.717, 1.165) is 25.0 Å². The van der Waals surface area contributed by atoms with Crippen molar-refractivity contribution in [3.63, 3.8) is 0 Å². The molecule has 18 heavy (non-hydrogen) atoms. The molecule has 3 heteroatoms. The summed E-state index contributed by atoms with van der Waals surface area (Å²) in [6.07, 6.45) is 4.85. The Morgan fingerprint density at radius 3 is 2.39 bits per heavy atom. The lowest BCUT2D eigenvalue weighted by Crippen LogP contribution is -2.55. The summed E-state index contributed by atoms with van der Waals surface area (Å²) in [5, 5.41) is 0. The van der Waals surface area contributed by atoms with Crippen LogP contribution in [0.25, 0.3) is 0 Å². The largest absolute Gasteiger partial charge is 0.326 e. The SMILES string of the molecule is CCc1ccc(CC(N)C(C)(CC)N(C)C)nc1. The Morgan fingerprint density at radius 1 is 1.33 bits per heavy atom. The first-order valence-electron chi connectivity index (χ1n) is 6.80. The van der Waals surface area contributed by atoms with Crippen LogP contribution in [-0.4, -0.2) is 35.6 Å².